The highest BCUT2D eigenvalue weighted by molar-refractivity contribution is 6.05. The van der Waals surface area contributed by atoms with Crippen molar-refractivity contribution in [2.75, 3.05) is 5.32 Å². The standard InChI is InChI=1S/C27H25N3O4/c1-15-9-10-16(2)21(13-15)28-25(31)24(19-7-5-4-6-8-19)33-27(32)20-14-22(18-11-12-18)29-26-23(20)17(3)30-34-26/h4-10,13-14,18,24H,11-12H2,1-3H3,(H,28,31). The molecule has 0 aliphatic heterocycles. The summed E-state index contributed by atoms with van der Waals surface area (Å²) >= 11 is 0. The second kappa shape index (κ2) is 8.74. The van der Waals surface area contributed by atoms with E-state index in [1.54, 1.807) is 37.3 Å². The number of carbonyl (C=O) groups excluding carboxylic acids is 2. The van der Waals surface area contributed by atoms with E-state index in [9.17, 15) is 9.59 Å². The Kier molecular flexibility index (Phi) is 5.61. The summed E-state index contributed by atoms with van der Waals surface area (Å²) in [4.78, 5) is 31.4. The molecular formula is C27H25N3O4. The van der Waals surface area contributed by atoms with Crippen molar-refractivity contribution in [1.29, 1.82) is 0 Å². The van der Waals surface area contributed by atoms with E-state index in [0.717, 1.165) is 29.7 Å². The van der Waals surface area contributed by atoms with Gasteiger partial charge in [-0.05, 0) is 56.9 Å². The number of aryl methyl sites for hydroxylation is 3. The Bertz CT molecular complexity index is 1390. The Morgan fingerprint density at radius 2 is 1.82 bits per heavy atom. The highest BCUT2D eigenvalue weighted by atomic mass is 16.5. The number of aromatic nitrogens is 2. The van der Waals surface area contributed by atoms with E-state index in [4.69, 9.17) is 9.26 Å². The fourth-order valence-electron chi connectivity index (χ4n) is 4.00. The van der Waals surface area contributed by atoms with Crippen LogP contribution >= 0.6 is 0 Å². The molecule has 1 N–H and O–H groups in total. The minimum absolute atomic E-state index is 0.305. The first kappa shape index (κ1) is 21.8. The molecule has 0 saturated heterocycles. The number of pyridine rings is 1. The van der Waals surface area contributed by atoms with E-state index < -0.39 is 18.0 Å². The van der Waals surface area contributed by atoms with Gasteiger partial charge < -0.3 is 14.6 Å². The van der Waals surface area contributed by atoms with Gasteiger partial charge in [-0.3, -0.25) is 4.79 Å². The molecule has 2 aromatic carbocycles. The number of carbonyl (C=O) groups is 2. The van der Waals surface area contributed by atoms with Gasteiger partial charge in [-0.1, -0.05) is 47.6 Å². The molecule has 2 heterocycles. The van der Waals surface area contributed by atoms with Crippen LogP contribution in [-0.2, 0) is 9.53 Å². The summed E-state index contributed by atoms with van der Waals surface area (Å²) in [5, 5.41) is 7.42. The number of rotatable bonds is 6. The van der Waals surface area contributed by atoms with Crippen molar-refractivity contribution in [2.45, 2.75) is 45.6 Å². The van der Waals surface area contributed by atoms with Crippen molar-refractivity contribution >= 4 is 28.7 Å². The van der Waals surface area contributed by atoms with Crippen LogP contribution in [0.25, 0.3) is 11.1 Å². The summed E-state index contributed by atoms with van der Waals surface area (Å²) in [7, 11) is 0. The van der Waals surface area contributed by atoms with Crippen LogP contribution in [0, 0.1) is 20.8 Å². The van der Waals surface area contributed by atoms with Gasteiger partial charge in [0.15, 0.2) is 0 Å². The summed E-state index contributed by atoms with van der Waals surface area (Å²) in [6.45, 7) is 5.63. The van der Waals surface area contributed by atoms with Crippen LogP contribution < -0.4 is 5.32 Å². The lowest BCUT2D eigenvalue weighted by Crippen LogP contribution is -2.26. The van der Waals surface area contributed by atoms with Crippen LogP contribution in [-0.4, -0.2) is 22.0 Å². The molecule has 34 heavy (non-hydrogen) atoms. The molecule has 1 unspecified atom stereocenters. The van der Waals surface area contributed by atoms with Gasteiger partial charge in [0.25, 0.3) is 11.6 Å². The van der Waals surface area contributed by atoms with Crippen molar-refractivity contribution in [1.82, 2.24) is 10.1 Å². The van der Waals surface area contributed by atoms with Crippen LogP contribution in [0.1, 0.15) is 63.3 Å². The van der Waals surface area contributed by atoms with Crippen LogP contribution in [0.15, 0.2) is 59.1 Å². The topological polar surface area (TPSA) is 94.3 Å². The molecule has 0 bridgehead atoms. The van der Waals surface area contributed by atoms with E-state index in [2.05, 4.69) is 15.5 Å². The smallest absolute Gasteiger partial charge is 0.340 e. The Morgan fingerprint density at radius 1 is 1.06 bits per heavy atom. The lowest BCUT2D eigenvalue weighted by molar-refractivity contribution is -0.125. The van der Waals surface area contributed by atoms with Crippen molar-refractivity contribution < 1.29 is 18.8 Å². The third-order valence-corrected chi connectivity index (χ3v) is 6.07. The van der Waals surface area contributed by atoms with Gasteiger partial charge in [-0.25, -0.2) is 9.78 Å². The summed E-state index contributed by atoms with van der Waals surface area (Å²) in [6.07, 6.45) is 0.900. The first-order valence-electron chi connectivity index (χ1n) is 11.3. The minimum atomic E-state index is -1.14. The maximum atomic E-state index is 13.5. The van der Waals surface area contributed by atoms with Gasteiger partial charge in [0.2, 0.25) is 6.10 Å². The summed E-state index contributed by atoms with van der Waals surface area (Å²) in [5.74, 6) is -0.743. The fourth-order valence-corrected chi connectivity index (χ4v) is 4.00. The second-order valence-electron chi connectivity index (χ2n) is 8.82. The second-order valence-corrected chi connectivity index (χ2v) is 8.82. The van der Waals surface area contributed by atoms with Crippen LogP contribution in [0.4, 0.5) is 5.69 Å². The zero-order valence-corrected chi connectivity index (χ0v) is 19.3. The summed E-state index contributed by atoms with van der Waals surface area (Å²) in [6, 6.07) is 16.6. The Hall–Kier alpha value is -4.00. The summed E-state index contributed by atoms with van der Waals surface area (Å²) in [5.41, 5.74) is 5.15. The molecule has 1 aliphatic rings. The average molecular weight is 456 g/mol. The Labute approximate surface area is 197 Å². The van der Waals surface area contributed by atoms with Crippen molar-refractivity contribution in [3.05, 3.63) is 88.2 Å². The van der Waals surface area contributed by atoms with Gasteiger partial charge in [0.05, 0.1) is 16.6 Å². The molecule has 1 fully saturated rings. The van der Waals surface area contributed by atoms with Crippen LogP contribution in [0.2, 0.25) is 0 Å². The van der Waals surface area contributed by atoms with Gasteiger partial charge >= 0.3 is 5.97 Å². The van der Waals surface area contributed by atoms with Crippen LogP contribution in [0.5, 0.6) is 0 Å². The number of hydrogen-bond donors (Lipinski definition) is 1. The number of amides is 1. The Balaban J connectivity index is 1.50. The Morgan fingerprint density at radius 3 is 2.56 bits per heavy atom. The maximum absolute atomic E-state index is 13.5. The molecule has 1 aliphatic carbocycles. The summed E-state index contributed by atoms with van der Waals surface area (Å²) < 4.78 is 11.2. The molecule has 2 aromatic heterocycles. The predicted molar refractivity (Wildman–Crippen MR) is 128 cm³/mol. The third kappa shape index (κ3) is 4.29. The molecule has 4 aromatic rings. The fraction of sp³-hybridized carbons (Fsp3) is 0.259. The average Bonchev–Trinajstić information content (AvgIpc) is 3.62. The monoisotopic (exact) mass is 455 g/mol. The molecule has 0 spiro atoms. The van der Waals surface area contributed by atoms with E-state index >= 15 is 0 Å². The van der Waals surface area contributed by atoms with Crippen molar-refractivity contribution in [2.24, 2.45) is 0 Å². The number of nitrogens with one attached hydrogen (secondary N) is 1. The molecule has 7 nitrogen and oxygen atoms in total. The number of hydrogen-bond acceptors (Lipinski definition) is 6. The highest BCUT2D eigenvalue weighted by Crippen LogP contribution is 2.40. The van der Waals surface area contributed by atoms with E-state index in [1.807, 2.05) is 38.1 Å². The third-order valence-electron chi connectivity index (χ3n) is 6.07. The predicted octanol–water partition coefficient (Wildman–Crippen LogP) is 5.56. The lowest BCUT2D eigenvalue weighted by Gasteiger charge is -2.19. The maximum Gasteiger partial charge on any atom is 0.340 e. The van der Waals surface area contributed by atoms with E-state index in [0.29, 0.717) is 39.5 Å². The van der Waals surface area contributed by atoms with Crippen molar-refractivity contribution in [3.8, 4) is 0 Å². The number of anilines is 1. The number of fused-ring (bicyclic) bond motifs is 1. The zero-order valence-electron chi connectivity index (χ0n) is 19.3. The van der Waals surface area contributed by atoms with Gasteiger partial charge in [-0.15, -0.1) is 0 Å². The number of esters is 1. The molecule has 1 saturated carbocycles. The number of ether oxygens (including phenoxy) is 1. The van der Waals surface area contributed by atoms with E-state index in [1.165, 1.54) is 0 Å². The molecule has 0 radical (unpaired) electrons. The first-order valence-corrected chi connectivity index (χ1v) is 11.3. The van der Waals surface area contributed by atoms with Gasteiger partial charge in [0.1, 0.15) is 0 Å². The van der Waals surface area contributed by atoms with Gasteiger partial charge in [0, 0.05) is 22.9 Å². The quantitative estimate of drug-likeness (QED) is 0.383. The molecule has 7 heteroatoms. The molecule has 1 atom stereocenters. The first-order chi connectivity index (χ1) is 16.4. The zero-order chi connectivity index (χ0) is 23.8. The number of benzene rings is 2. The normalized spacial score (nSPS) is 14.1. The van der Waals surface area contributed by atoms with E-state index in [-0.39, 0.29) is 0 Å². The van der Waals surface area contributed by atoms with Crippen LogP contribution in [0.3, 0.4) is 0 Å². The number of nitrogens with zero attached hydrogens (tertiary/aromatic N) is 2. The highest BCUT2D eigenvalue weighted by Gasteiger charge is 2.31. The molecule has 172 valence electrons. The molecule has 1 amide bonds. The lowest BCUT2D eigenvalue weighted by atomic mass is 10.1. The largest absolute Gasteiger partial charge is 0.444 e. The SMILES string of the molecule is Cc1ccc(C)c(NC(=O)C(OC(=O)c2cc(C3CC3)nc3onc(C)c23)c2ccccc2)c1. The molecule has 5 rings (SSSR count). The van der Waals surface area contributed by atoms with Crippen molar-refractivity contribution in [3.63, 3.8) is 0 Å². The minimum Gasteiger partial charge on any atom is -0.444 e. The molecular weight excluding hydrogens is 430 g/mol. The van der Waals surface area contributed by atoms with Gasteiger partial charge in [-0.2, -0.15) is 0 Å².